The Hall–Kier alpha value is -3.27. The average Bonchev–Trinajstić information content (AvgIpc) is 3.28. The van der Waals surface area contributed by atoms with E-state index in [2.05, 4.69) is 30.6 Å². The van der Waals surface area contributed by atoms with Crippen LogP contribution in [0.4, 0.5) is 6.01 Å². The lowest BCUT2D eigenvalue weighted by Gasteiger charge is -1.98. The van der Waals surface area contributed by atoms with E-state index < -0.39 is 0 Å². The molecule has 0 radical (unpaired) electrons. The lowest BCUT2D eigenvalue weighted by atomic mass is 10.2. The van der Waals surface area contributed by atoms with Crippen molar-refractivity contribution in [1.29, 1.82) is 0 Å². The third-order valence-electron chi connectivity index (χ3n) is 3.62. The second-order valence-electron chi connectivity index (χ2n) is 5.76. The molecule has 0 saturated heterocycles. The summed E-state index contributed by atoms with van der Waals surface area (Å²) in [5, 5.41) is 15.2. The van der Waals surface area contributed by atoms with E-state index in [9.17, 15) is 4.79 Å². The molecule has 1 N–H and O–H groups in total. The number of thioether (sulfide) groups is 1. The van der Waals surface area contributed by atoms with Gasteiger partial charge < -0.3 is 4.42 Å². The van der Waals surface area contributed by atoms with Gasteiger partial charge in [-0.05, 0) is 32.0 Å². The highest BCUT2D eigenvalue weighted by atomic mass is 32.2. The molecular weight excluding hydrogens is 366 g/mol. The molecule has 0 spiro atoms. The first-order valence-corrected chi connectivity index (χ1v) is 9.09. The lowest BCUT2D eigenvalue weighted by molar-refractivity contribution is -0.113. The Morgan fingerprint density at radius 1 is 1.19 bits per heavy atom. The number of carbonyl (C=O) groups excluding carboxylic acids is 1. The molecule has 10 heteroatoms. The molecule has 0 atom stereocenters. The number of hydrogen-bond donors (Lipinski definition) is 1. The minimum atomic E-state index is -0.289. The van der Waals surface area contributed by atoms with Gasteiger partial charge in [-0.2, -0.15) is 4.98 Å². The topological polar surface area (TPSA) is 111 Å². The van der Waals surface area contributed by atoms with Crippen molar-refractivity contribution in [2.75, 3.05) is 11.1 Å². The Labute approximate surface area is 158 Å². The van der Waals surface area contributed by atoms with Gasteiger partial charge in [0.1, 0.15) is 0 Å². The van der Waals surface area contributed by atoms with Gasteiger partial charge in [-0.25, -0.2) is 9.50 Å². The molecule has 0 saturated carbocycles. The Morgan fingerprint density at radius 3 is 2.81 bits per heavy atom. The van der Waals surface area contributed by atoms with Gasteiger partial charge in [0.25, 0.3) is 5.78 Å². The van der Waals surface area contributed by atoms with E-state index in [-0.39, 0.29) is 17.7 Å². The van der Waals surface area contributed by atoms with Crippen LogP contribution in [-0.4, -0.2) is 41.4 Å². The molecule has 0 aliphatic heterocycles. The average molecular weight is 381 g/mol. The number of nitrogens with one attached hydrogen (secondary N) is 1. The highest BCUT2D eigenvalue weighted by Crippen LogP contribution is 2.20. The third-order valence-corrected chi connectivity index (χ3v) is 4.46. The molecule has 0 aliphatic rings. The molecule has 4 rings (SSSR count). The lowest BCUT2D eigenvalue weighted by Crippen LogP contribution is -2.14. The Balaban J connectivity index is 1.39. The zero-order valence-electron chi connectivity index (χ0n) is 14.6. The van der Waals surface area contributed by atoms with E-state index in [4.69, 9.17) is 4.42 Å². The maximum absolute atomic E-state index is 12.1. The van der Waals surface area contributed by atoms with Crippen LogP contribution in [-0.2, 0) is 4.79 Å². The molecule has 0 bridgehead atoms. The number of fused-ring (bicyclic) bond motifs is 1. The van der Waals surface area contributed by atoms with Crippen LogP contribution in [0.15, 0.2) is 46.0 Å². The highest BCUT2D eigenvalue weighted by molar-refractivity contribution is 7.99. The minimum absolute atomic E-state index is 0.0514. The zero-order valence-corrected chi connectivity index (χ0v) is 15.4. The number of rotatable bonds is 5. The monoisotopic (exact) mass is 381 g/mol. The molecule has 9 nitrogen and oxygen atoms in total. The van der Waals surface area contributed by atoms with Crippen molar-refractivity contribution in [1.82, 2.24) is 29.8 Å². The van der Waals surface area contributed by atoms with Crippen molar-refractivity contribution in [3.8, 4) is 11.5 Å². The molecule has 27 heavy (non-hydrogen) atoms. The second kappa shape index (κ2) is 7.16. The minimum Gasteiger partial charge on any atom is -0.403 e. The summed E-state index contributed by atoms with van der Waals surface area (Å²) in [6, 6.07) is 11.3. The summed E-state index contributed by atoms with van der Waals surface area (Å²) in [5.74, 6) is 0.679. The van der Waals surface area contributed by atoms with Gasteiger partial charge in [0, 0.05) is 17.0 Å². The molecule has 0 fully saturated rings. The van der Waals surface area contributed by atoms with Crippen LogP contribution in [0.1, 0.15) is 11.4 Å². The fourth-order valence-corrected chi connectivity index (χ4v) is 3.08. The Kier molecular flexibility index (Phi) is 4.55. The van der Waals surface area contributed by atoms with Gasteiger partial charge in [0.05, 0.1) is 5.75 Å². The van der Waals surface area contributed by atoms with Crippen molar-refractivity contribution >= 4 is 29.5 Å². The van der Waals surface area contributed by atoms with Gasteiger partial charge in [-0.1, -0.05) is 35.1 Å². The summed E-state index contributed by atoms with van der Waals surface area (Å²) < 4.78 is 7.11. The van der Waals surface area contributed by atoms with E-state index in [0.29, 0.717) is 16.8 Å². The fourth-order valence-electron chi connectivity index (χ4n) is 2.47. The molecule has 136 valence electrons. The number of benzene rings is 1. The van der Waals surface area contributed by atoms with Crippen molar-refractivity contribution < 1.29 is 9.21 Å². The Bertz CT molecular complexity index is 1110. The fraction of sp³-hybridized carbons (Fsp3) is 0.176. The molecule has 0 unspecified atom stereocenters. The number of aryl methyl sites for hydroxylation is 2. The Morgan fingerprint density at radius 2 is 2.00 bits per heavy atom. The van der Waals surface area contributed by atoms with Crippen molar-refractivity contribution in [3.63, 3.8) is 0 Å². The van der Waals surface area contributed by atoms with Crippen LogP contribution in [0.3, 0.4) is 0 Å². The second-order valence-corrected chi connectivity index (χ2v) is 6.70. The van der Waals surface area contributed by atoms with Crippen LogP contribution in [0.25, 0.3) is 17.2 Å². The van der Waals surface area contributed by atoms with Gasteiger partial charge in [0.2, 0.25) is 17.0 Å². The van der Waals surface area contributed by atoms with Crippen LogP contribution < -0.4 is 5.32 Å². The number of nitrogens with zero attached hydrogens (tertiary/aromatic N) is 6. The zero-order chi connectivity index (χ0) is 18.8. The molecular formula is C17H15N7O2S. The van der Waals surface area contributed by atoms with E-state index >= 15 is 0 Å². The van der Waals surface area contributed by atoms with Gasteiger partial charge in [-0.3, -0.25) is 10.1 Å². The summed E-state index contributed by atoms with van der Waals surface area (Å²) in [6.07, 6.45) is 0. The van der Waals surface area contributed by atoms with Gasteiger partial charge in [-0.15, -0.1) is 10.2 Å². The van der Waals surface area contributed by atoms with Crippen LogP contribution in [0, 0.1) is 13.8 Å². The molecule has 3 heterocycles. The first kappa shape index (κ1) is 17.2. The van der Waals surface area contributed by atoms with Gasteiger partial charge >= 0.3 is 6.01 Å². The van der Waals surface area contributed by atoms with E-state index in [1.165, 1.54) is 11.8 Å². The van der Waals surface area contributed by atoms with Crippen molar-refractivity contribution in [2.24, 2.45) is 0 Å². The standard InChI is InChI=1S/C17H15N7O2S/c1-10-8-11(2)24-15(18-10)20-17(23-24)27-9-13(25)19-16-22-21-14(26-16)12-6-4-3-5-7-12/h3-8H,9H2,1-2H3,(H,19,22,25). The first-order valence-electron chi connectivity index (χ1n) is 8.11. The SMILES string of the molecule is Cc1cc(C)n2nc(SCC(=O)Nc3nnc(-c4ccccc4)o3)nc2n1. The normalized spacial score (nSPS) is 11.0. The van der Waals surface area contributed by atoms with Crippen molar-refractivity contribution in [2.45, 2.75) is 19.0 Å². The summed E-state index contributed by atoms with van der Waals surface area (Å²) in [5.41, 5.74) is 2.58. The maximum atomic E-state index is 12.1. The van der Waals surface area contributed by atoms with Gasteiger partial charge in [0.15, 0.2) is 0 Å². The highest BCUT2D eigenvalue weighted by Gasteiger charge is 2.14. The summed E-state index contributed by atoms with van der Waals surface area (Å²) in [7, 11) is 0. The molecule has 4 aromatic rings. The van der Waals surface area contributed by atoms with Crippen molar-refractivity contribution in [3.05, 3.63) is 47.8 Å². The van der Waals surface area contributed by atoms with E-state index in [1.54, 1.807) is 4.52 Å². The summed E-state index contributed by atoms with van der Waals surface area (Å²) in [4.78, 5) is 20.8. The van der Waals surface area contributed by atoms with Crippen LogP contribution in [0.5, 0.6) is 0 Å². The van der Waals surface area contributed by atoms with Crippen LogP contribution in [0.2, 0.25) is 0 Å². The molecule has 1 amide bonds. The third kappa shape index (κ3) is 3.80. The number of hydrogen-bond acceptors (Lipinski definition) is 8. The molecule has 3 aromatic heterocycles. The summed E-state index contributed by atoms with van der Waals surface area (Å²) >= 11 is 1.21. The number of carbonyl (C=O) groups is 1. The maximum Gasteiger partial charge on any atom is 0.322 e. The number of anilines is 1. The largest absolute Gasteiger partial charge is 0.403 e. The smallest absolute Gasteiger partial charge is 0.322 e. The molecule has 1 aromatic carbocycles. The molecule has 0 aliphatic carbocycles. The van der Waals surface area contributed by atoms with E-state index in [0.717, 1.165) is 17.0 Å². The van der Waals surface area contributed by atoms with E-state index in [1.807, 2.05) is 50.2 Å². The first-order chi connectivity index (χ1) is 13.1. The summed E-state index contributed by atoms with van der Waals surface area (Å²) in [6.45, 7) is 3.83. The van der Waals surface area contributed by atoms with Crippen LogP contribution >= 0.6 is 11.8 Å². The predicted octanol–water partition coefficient (Wildman–Crippen LogP) is 2.52. The number of aromatic nitrogens is 6. The predicted molar refractivity (Wildman–Crippen MR) is 99.3 cm³/mol. The number of amides is 1. The quantitative estimate of drug-likeness (QED) is 0.525.